The normalized spacial score (nSPS) is 43.9. The van der Waals surface area contributed by atoms with Gasteiger partial charge in [-0.1, -0.05) is 0 Å². The first-order chi connectivity index (χ1) is 3.84. The Kier molecular flexibility index (Phi) is 0.995. The van der Waals surface area contributed by atoms with Crippen LogP contribution in [-0.2, 0) is 0 Å². The minimum absolute atomic E-state index is 0.213. The lowest BCUT2D eigenvalue weighted by atomic mass is 10.3. The van der Waals surface area contributed by atoms with Crippen LogP contribution in [0.3, 0.4) is 0 Å². The van der Waals surface area contributed by atoms with Crippen LogP contribution in [0.2, 0.25) is 0 Å². The van der Waals surface area contributed by atoms with Gasteiger partial charge in [0.25, 0.3) is 0 Å². The second-order valence-electron chi connectivity index (χ2n) is 2.04. The van der Waals surface area contributed by atoms with Crippen LogP contribution < -0.4 is 0 Å². The van der Waals surface area contributed by atoms with Gasteiger partial charge in [-0.05, 0) is 19.3 Å². The summed E-state index contributed by atoms with van der Waals surface area (Å²) in [4.78, 5) is 0. The summed E-state index contributed by atoms with van der Waals surface area (Å²) in [5.74, 6) is 0. The molecule has 0 saturated heterocycles. The molecule has 0 radical (unpaired) electrons. The van der Waals surface area contributed by atoms with Gasteiger partial charge in [0.15, 0.2) is 0 Å². The average molecular weight is 103 g/mol. The van der Waals surface area contributed by atoms with Crippen LogP contribution in [0, 0.1) is 0 Å². The zero-order chi connectivity index (χ0) is 5.98. The van der Waals surface area contributed by atoms with Gasteiger partial charge in [0.1, 0.15) is 0 Å². The summed E-state index contributed by atoms with van der Waals surface area (Å²) in [5, 5.41) is 13.2. The van der Waals surface area contributed by atoms with Crippen molar-refractivity contribution in [3.8, 4) is 0 Å². The third-order valence-electron chi connectivity index (χ3n) is 1.42. The monoisotopic (exact) mass is 103 g/mol. The topological polar surface area (TPSA) is 40.5 Å². The quantitative estimate of drug-likeness (QED) is 0.486. The average Bonchev–Trinajstić information content (AvgIpc) is 2.14. The summed E-state index contributed by atoms with van der Waals surface area (Å²) in [5.41, 5.74) is 0. The van der Waals surface area contributed by atoms with E-state index >= 15 is 0 Å². The van der Waals surface area contributed by atoms with Crippen LogP contribution >= 0.6 is 0 Å². The van der Waals surface area contributed by atoms with E-state index in [1.54, 1.807) is 0 Å². The molecule has 1 saturated carbocycles. The third kappa shape index (κ3) is 0.924. The maximum absolute atomic E-state index is 8.94. The molecule has 1 rings (SSSR count). The molecule has 2 N–H and O–H groups in total. The van der Waals surface area contributed by atoms with Crippen molar-refractivity contribution in [1.29, 1.82) is 1.43 Å². The maximum atomic E-state index is 8.94. The molecule has 0 amide bonds. The molecular weight excluding hydrogens is 92.1 g/mol. The summed E-state index contributed by atoms with van der Waals surface area (Å²) in [7, 11) is 0. The molecule has 0 aliphatic heterocycles. The second-order valence-corrected chi connectivity index (χ2v) is 2.04. The van der Waals surface area contributed by atoms with E-state index in [-0.39, 0.29) is 12.2 Å². The van der Waals surface area contributed by atoms with Crippen LogP contribution in [0.25, 0.3) is 0 Å². The minimum atomic E-state index is -0.382. The molecule has 0 heterocycles. The highest BCUT2D eigenvalue weighted by Crippen LogP contribution is 2.17. The van der Waals surface area contributed by atoms with E-state index in [0.29, 0.717) is 0 Å². The van der Waals surface area contributed by atoms with E-state index in [1.165, 1.54) is 0 Å². The van der Waals surface area contributed by atoms with Gasteiger partial charge in [-0.15, -0.1) is 0 Å². The van der Waals surface area contributed by atoms with Gasteiger partial charge in [0, 0.05) is 0 Å². The number of aliphatic hydroxyl groups is 2. The Bertz CT molecular complexity index is 76.8. The van der Waals surface area contributed by atoms with E-state index < -0.39 is 0 Å². The first kappa shape index (κ1) is 3.87. The summed E-state index contributed by atoms with van der Waals surface area (Å²) in [6, 6.07) is 0. The number of hydrogen-bond donors (Lipinski definition) is 2. The smallest absolute Gasteiger partial charge is 0.211 e. The molecule has 0 aromatic heterocycles. The van der Waals surface area contributed by atoms with E-state index in [2.05, 4.69) is 5.11 Å². The van der Waals surface area contributed by atoms with Gasteiger partial charge in [0.05, 0.1) is 12.2 Å². The van der Waals surface area contributed by atoms with Crippen molar-refractivity contribution < 1.29 is 10.2 Å². The zero-order valence-electron chi connectivity index (χ0n) is 5.13. The standard InChI is InChI=1S/C5H10O2/c6-4-2-1-3-5(4)7/h4-7H,1-3H2/i6D. The number of hydrogen-bond acceptors (Lipinski definition) is 2. The van der Waals surface area contributed by atoms with Gasteiger partial charge in [-0.25, -0.2) is 0 Å². The lowest BCUT2D eigenvalue weighted by molar-refractivity contribution is 0.0438. The van der Waals surface area contributed by atoms with E-state index in [1.807, 2.05) is 0 Å². The van der Waals surface area contributed by atoms with Crippen LogP contribution in [-0.4, -0.2) is 23.9 Å². The molecule has 1 fully saturated rings. The number of aliphatic hydroxyl groups excluding tert-OH is 2. The van der Waals surface area contributed by atoms with Gasteiger partial charge in [-0.2, -0.15) is 0 Å². The van der Waals surface area contributed by atoms with Crippen LogP contribution in [0.4, 0.5) is 0 Å². The van der Waals surface area contributed by atoms with E-state index in [4.69, 9.17) is 6.54 Å². The van der Waals surface area contributed by atoms with Gasteiger partial charge >= 0.3 is 0 Å². The van der Waals surface area contributed by atoms with Gasteiger partial charge in [0.2, 0.25) is 1.43 Å². The van der Waals surface area contributed by atoms with Crippen molar-refractivity contribution in [3.05, 3.63) is 0 Å². The summed E-state index contributed by atoms with van der Waals surface area (Å²) < 4.78 is 6.47. The van der Waals surface area contributed by atoms with Crippen molar-refractivity contribution in [3.63, 3.8) is 0 Å². The molecule has 2 heteroatoms. The molecule has 0 aromatic carbocycles. The molecule has 2 nitrogen and oxygen atoms in total. The summed E-state index contributed by atoms with van der Waals surface area (Å²) in [6.45, 7) is 0. The van der Waals surface area contributed by atoms with Crippen molar-refractivity contribution in [2.24, 2.45) is 0 Å². The molecule has 2 unspecified atom stereocenters. The first-order valence-electron chi connectivity index (χ1n) is 3.05. The van der Waals surface area contributed by atoms with Crippen molar-refractivity contribution >= 4 is 0 Å². The maximum Gasteiger partial charge on any atom is 0.211 e. The SMILES string of the molecule is [2H]OC1CCCC1O. The molecular formula is C5H10O2. The molecule has 2 atom stereocenters. The molecule has 0 spiro atoms. The fourth-order valence-electron chi connectivity index (χ4n) is 0.906. The molecule has 7 heavy (non-hydrogen) atoms. The second kappa shape index (κ2) is 1.80. The molecule has 1 aliphatic carbocycles. The Morgan fingerprint density at radius 1 is 1.43 bits per heavy atom. The fraction of sp³-hybridized carbons (Fsp3) is 1.00. The Labute approximate surface area is 44.3 Å². The van der Waals surface area contributed by atoms with E-state index in [9.17, 15) is 0 Å². The molecule has 42 valence electrons. The van der Waals surface area contributed by atoms with Crippen molar-refractivity contribution in [1.82, 2.24) is 0 Å². The fourth-order valence-corrected chi connectivity index (χ4v) is 0.906. The Hall–Kier alpha value is -0.0800. The first-order valence-corrected chi connectivity index (χ1v) is 2.64. The minimum Gasteiger partial charge on any atom is -0.390 e. The summed E-state index contributed by atoms with van der Waals surface area (Å²) in [6.07, 6.45) is 2.03. The summed E-state index contributed by atoms with van der Waals surface area (Å²) >= 11 is 0. The molecule has 0 aromatic rings. The predicted molar refractivity (Wildman–Crippen MR) is 25.9 cm³/mol. The van der Waals surface area contributed by atoms with Crippen molar-refractivity contribution in [2.45, 2.75) is 31.5 Å². The third-order valence-corrected chi connectivity index (χ3v) is 1.42. The largest absolute Gasteiger partial charge is 0.390 e. The highest BCUT2D eigenvalue weighted by Gasteiger charge is 2.21. The van der Waals surface area contributed by atoms with E-state index in [0.717, 1.165) is 19.3 Å². The molecule has 0 bridgehead atoms. The Balaban J connectivity index is 2.30. The predicted octanol–water partition coefficient (Wildman–Crippen LogP) is -0.108. The lowest BCUT2D eigenvalue weighted by Gasteiger charge is -2.03. The highest BCUT2D eigenvalue weighted by molar-refractivity contribution is 4.74. The van der Waals surface area contributed by atoms with Crippen LogP contribution in [0.5, 0.6) is 0 Å². The Morgan fingerprint density at radius 2 is 2.14 bits per heavy atom. The van der Waals surface area contributed by atoms with Gasteiger partial charge in [-0.3, -0.25) is 0 Å². The highest BCUT2D eigenvalue weighted by atomic mass is 16.3. The lowest BCUT2D eigenvalue weighted by Crippen LogP contribution is -2.17. The molecule has 1 aliphatic rings. The van der Waals surface area contributed by atoms with Gasteiger partial charge < -0.3 is 10.2 Å². The van der Waals surface area contributed by atoms with Crippen LogP contribution in [0.15, 0.2) is 0 Å². The number of rotatable bonds is 1. The Morgan fingerprint density at radius 3 is 2.43 bits per heavy atom. The van der Waals surface area contributed by atoms with Crippen molar-refractivity contribution in [2.75, 3.05) is 0 Å². The zero-order valence-corrected chi connectivity index (χ0v) is 4.13. The van der Waals surface area contributed by atoms with Crippen LogP contribution in [0.1, 0.15) is 19.3 Å².